The molecular formula is C15H23N3O2. The van der Waals surface area contributed by atoms with Gasteiger partial charge in [-0.25, -0.2) is 0 Å². The lowest BCUT2D eigenvalue weighted by Gasteiger charge is -2.32. The number of carbonyl (C=O) groups is 1. The molecule has 0 spiro atoms. The third-order valence-corrected chi connectivity index (χ3v) is 3.53. The molecule has 0 aliphatic carbocycles. The second-order valence-electron chi connectivity index (χ2n) is 5.30. The van der Waals surface area contributed by atoms with Gasteiger partial charge in [0.2, 0.25) is 0 Å². The largest absolute Gasteiger partial charge is 0.398 e. The molecule has 5 heteroatoms. The van der Waals surface area contributed by atoms with Crippen LogP contribution < -0.4 is 5.73 Å². The van der Waals surface area contributed by atoms with Gasteiger partial charge in [0.25, 0.3) is 5.91 Å². The van der Waals surface area contributed by atoms with Crippen molar-refractivity contribution in [1.82, 2.24) is 9.88 Å². The number of hydrogen-bond donors (Lipinski definition) is 1. The van der Waals surface area contributed by atoms with Crippen LogP contribution in [0.3, 0.4) is 0 Å². The SMILES string of the molecule is CCCOC1CCCN(C(=O)c2cnc(C)cc2N)C1. The number of ether oxygens (including phenoxy) is 1. The standard InChI is InChI=1S/C15H23N3O2/c1-3-7-20-12-5-4-6-18(10-12)15(19)13-9-17-11(2)8-14(13)16/h8-9,12H,3-7,10H2,1-2H3,(H2,16,17). The van der Waals surface area contributed by atoms with Crippen molar-refractivity contribution in [3.63, 3.8) is 0 Å². The van der Waals surface area contributed by atoms with Gasteiger partial charge in [-0.15, -0.1) is 0 Å². The molecule has 110 valence electrons. The highest BCUT2D eigenvalue weighted by Crippen LogP contribution is 2.19. The maximum atomic E-state index is 12.5. The van der Waals surface area contributed by atoms with Crippen LogP contribution in [-0.4, -0.2) is 41.6 Å². The summed E-state index contributed by atoms with van der Waals surface area (Å²) < 4.78 is 5.76. The van der Waals surface area contributed by atoms with Crippen LogP contribution in [0.1, 0.15) is 42.2 Å². The van der Waals surface area contributed by atoms with E-state index in [0.717, 1.165) is 38.1 Å². The molecule has 0 aromatic carbocycles. The van der Waals surface area contributed by atoms with Crippen LogP contribution in [0.2, 0.25) is 0 Å². The number of anilines is 1. The number of rotatable bonds is 4. The Hall–Kier alpha value is -1.62. The molecule has 20 heavy (non-hydrogen) atoms. The van der Waals surface area contributed by atoms with Gasteiger partial charge in [-0.1, -0.05) is 6.92 Å². The van der Waals surface area contributed by atoms with E-state index in [9.17, 15) is 4.79 Å². The normalized spacial score (nSPS) is 19.1. The lowest BCUT2D eigenvalue weighted by molar-refractivity contribution is 0.00213. The summed E-state index contributed by atoms with van der Waals surface area (Å²) in [5, 5.41) is 0. The fraction of sp³-hybridized carbons (Fsp3) is 0.600. The average Bonchev–Trinajstić information content (AvgIpc) is 2.45. The predicted molar refractivity (Wildman–Crippen MR) is 78.6 cm³/mol. The Morgan fingerprint density at radius 1 is 1.60 bits per heavy atom. The first kappa shape index (κ1) is 14.8. The minimum Gasteiger partial charge on any atom is -0.398 e. The van der Waals surface area contributed by atoms with Gasteiger partial charge >= 0.3 is 0 Å². The first-order chi connectivity index (χ1) is 9.61. The van der Waals surface area contributed by atoms with Crippen LogP contribution in [-0.2, 0) is 4.74 Å². The van der Waals surface area contributed by atoms with E-state index < -0.39 is 0 Å². The Bertz CT molecular complexity index is 476. The summed E-state index contributed by atoms with van der Waals surface area (Å²) >= 11 is 0. The van der Waals surface area contributed by atoms with Crippen molar-refractivity contribution < 1.29 is 9.53 Å². The van der Waals surface area contributed by atoms with E-state index >= 15 is 0 Å². The van der Waals surface area contributed by atoms with Gasteiger partial charge in [-0.3, -0.25) is 9.78 Å². The first-order valence-electron chi connectivity index (χ1n) is 7.24. The summed E-state index contributed by atoms with van der Waals surface area (Å²) in [5.74, 6) is -0.0419. The number of nitrogens with zero attached hydrogens (tertiary/aromatic N) is 2. The smallest absolute Gasteiger partial charge is 0.257 e. The summed E-state index contributed by atoms with van der Waals surface area (Å²) in [6.07, 6.45) is 4.71. The maximum Gasteiger partial charge on any atom is 0.257 e. The average molecular weight is 277 g/mol. The zero-order chi connectivity index (χ0) is 14.5. The van der Waals surface area contributed by atoms with Crippen LogP contribution in [0.5, 0.6) is 0 Å². The summed E-state index contributed by atoms with van der Waals surface area (Å²) in [5.41, 5.74) is 7.74. The second kappa shape index (κ2) is 6.70. The molecule has 1 atom stereocenters. The molecule has 2 rings (SSSR count). The minimum atomic E-state index is -0.0419. The van der Waals surface area contributed by atoms with E-state index in [4.69, 9.17) is 10.5 Å². The molecule has 1 unspecified atom stereocenters. The topological polar surface area (TPSA) is 68.5 Å². The highest BCUT2D eigenvalue weighted by atomic mass is 16.5. The van der Waals surface area contributed by atoms with Gasteiger partial charge in [0.15, 0.2) is 0 Å². The number of amides is 1. The Balaban J connectivity index is 2.04. The number of piperidine rings is 1. The number of carbonyl (C=O) groups excluding carboxylic acids is 1. The highest BCUT2D eigenvalue weighted by Gasteiger charge is 2.26. The van der Waals surface area contributed by atoms with Crippen molar-refractivity contribution in [2.75, 3.05) is 25.4 Å². The fourth-order valence-electron chi connectivity index (χ4n) is 2.47. The number of nitrogen functional groups attached to an aromatic ring is 1. The van der Waals surface area contributed by atoms with E-state index in [0.29, 0.717) is 17.8 Å². The van der Waals surface area contributed by atoms with E-state index in [1.165, 1.54) is 0 Å². The number of aryl methyl sites for hydroxylation is 1. The third-order valence-electron chi connectivity index (χ3n) is 3.53. The van der Waals surface area contributed by atoms with Gasteiger partial charge in [0.05, 0.1) is 11.7 Å². The maximum absolute atomic E-state index is 12.5. The lowest BCUT2D eigenvalue weighted by Crippen LogP contribution is -2.43. The molecule has 0 radical (unpaired) electrons. The molecule has 1 aromatic heterocycles. The van der Waals surface area contributed by atoms with E-state index in [1.807, 2.05) is 11.8 Å². The van der Waals surface area contributed by atoms with Crippen molar-refractivity contribution in [3.8, 4) is 0 Å². The fourth-order valence-corrected chi connectivity index (χ4v) is 2.47. The van der Waals surface area contributed by atoms with Crippen LogP contribution in [0.15, 0.2) is 12.3 Å². The third kappa shape index (κ3) is 3.48. The van der Waals surface area contributed by atoms with Gasteiger partial charge in [0, 0.05) is 37.3 Å². The number of pyridine rings is 1. The number of likely N-dealkylation sites (tertiary alicyclic amines) is 1. The van der Waals surface area contributed by atoms with Crippen LogP contribution in [0.4, 0.5) is 5.69 Å². The number of aromatic nitrogens is 1. The second-order valence-corrected chi connectivity index (χ2v) is 5.30. The molecule has 1 fully saturated rings. The van der Waals surface area contributed by atoms with Gasteiger partial charge in [0.1, 0.15) is 0 Å². The van der Waals surface area contributed by atoms with Crippen molar-refractivity contribution in [2.24, 2.45) is 0 Å². The lowest BCUT2D eigenvalue weighted by atomic mass is 10.1. The monoisotopic (exact) mass is 277 g/mol. The molecule has 0 saturated carbocycles. The first-order valence-corrected chi connectivity index (χ1v) is 7.24. The molecule has 2 heterocycles. The van der Waals surface area contributed by atoms with E-state index in [-0.39, 0.29) is 12.0 Å². The van der Waals surface area contributed by atoms with Gasteiger partial charge in [-0.05, 0) is 32.3 Å². The molecule has 2 N–H and O–H groups in total. The van der Waals surface area contributed by atoms with Gasteiger partial charge in [-0.2, -0.15) is 0 Å². The highest BCUT2D eigenvalue weighted by molar-refractivity contribution is 5.98. The number of nitrogens with two attached hydrogens (primary N) is 1. The van der Waals surface area contributed by atoms with Crippen molar-refractivity contribution in [1.29, 1.82) is 0 Å². The molecule has 1 amide bonds. The molecule has 1 aliphatic rings. The van der Waals surface area contributed by atoms with E-state index in [1.54, 1.807) is 12.3 Å². The quantitative estimate of drug-likeness (QED) is 0.914. The van der Waals surface area contributed by atoms with Crippen LogP contribution >= 0.6 is 0 Å². The Morgan fingerprint density at radius 3 is 3.10 bits per heavy atom. The summed E-state index contributed by atoms with van der Waals surface area (Å²) in [4.78, 5) is 18.5. The Labute approximate surface area is 120 Å². The molecular weight excluding hydrogens is 254 g/mol. The number of hydrogen-bond acceptors (Lipinski definition) is 4. The predicted octanol–water partition coefficient (Wildman–Crippen LogP) is 2.00. The Kier molecular flexibility index (Phi) is 4.95. The van der Waals surface area contributed by atoms with E-state index in [2.05, 4.69) is 11.9 Å². The molecule has 1 saturated heterocycles. The minimum absolute atomic E-state index is 0.0419. The zero-order valence-electron chi connectivity index (χ0n) is 12.3. The molecule has 1 aromatic rings. The van der Waals surface area contributed by atoms with Crippen molar-refractivity contribution in [2.45, 2.75) is 39.2 Å². The van der Waals surface area contributed by atoms with Crippen LogP contribution in [0.25, 0.3) is 0 Å². The summed E-state index contributed by atoms with van der Waals surface area (Å²) in [6, 6.07) is 1.74. The zero-order valence-corrected chi connectivity index (χ0v) is 12.3. The molecule has 0 bridgehead atoms. The van der Waals surface area contributed by atoms with Crippen molar-refractivity contribution in [3.05, 3.63) is 23.5 Å². The van der Waals surface area contributed by atoms with Gasteiger partial charge < -0.3 is 15.4 Å². The summed E-state index contributed by atoms with van der Waals surface area (Å²) in [6.45, 7) is 6.11. The Morgan fingerprint density at radius 2 is 2.40 bits per heavy atom. The molecule has 1 aliphatic heterocycles. The summed E-state index contributed by atoms with van der Waals surface area (Å²) in [7, 11) is 0. The van der Waals surface area contributed by atoms with Crippen molar-refractivity contribution >= 4 is 11.6 Å². The molecule has 5 nitrogen and oxygen atoms in total. The van der Waals surface area contributed by atoms with Crippen LogP contribution in [0, 0.1) is 6.92 Å².